The summed E-state index contributed by atoms with van der Waals surface area (Å²) in [6.07, 6.45) is 0. The van der Waals surface area contributed by atoms with Crippen molar-refractivity contribution in [3.63, 3.8) is 0 Å². The van der Waals surface area contributed by atoms with Crippen molar-refractivity contribution >= 4 is 22.8 Å². The Bertz CT molecular complexity index is 724. The van der Waals surface area contributed by atoms with Gasteiger partial charge < -0.3 is 10.4 Å². The van der Waals surface area contributed by atoms with Crippen molar-refractivity contribution in [1.82, 2.24) is 19.8 Å². The number of hydrogen-bond acceptors (Lipinski definition) is 6. The lowest BCUT2D eigenvalue weighted by molar-refractivity contribution is 0.226. The Morgan fingerprint density at radius 3 is 2.86 bits per heavy atom. The molecule has 6 nitrogen and oxygen atoms in total. The summed E-state index contributed by atoms with van der Waals surface area (Å²) in [6.45, 7) is 4.16. The van der Waals surface area contributed by atoms with Gasteiger partial charge in [-0.15, -0.1) is 15.3 Å². The van der Waals surface area contributed by atoms with E-state index < -0.39 is 0 Å². The molecule has 110 valence electrons. The van der Waals surface area contributed by atoms with Crippen molar-refractivity contribution in [2.45, 2.75) is 19.9 Å². The second kappa shape index (κ2) is 5.79. The minimum Gasteiger partial charge on any atom is -0.396 e. The molecule has 0 aliphatic carbocycles. The quantitative estimate of drug-likeness (QED) is 0.756. The van der Waals surface area contributed by atoms with Crippen molar-refractivity contribution in [3.8, 4) is 11.4 Å². The highest BCUT2D eigenvalue weighted by atomic mass is 32.1. The van der Waals surface area contributed by atoms with Crippen molar-refractivity contribution in [2.75, 3.05) is 11.9 Å². The molecular weight excluding hydrogens is 286 g/mol. The Kier molecular flexibility index (Phi) is 3.85. The topological polar surface area (TPSA) is 75.3 Å². The van der Waals surface area contributed by atoms with Crippen LogP contribution in [0.4, 0.5) is 5.82 Å². The normalized spacial score (nSPS) is 14.2. The lowest BCUT2D eigenvalue weighted by Crippen LogP contribution is -2.26. The van der Waals surface area contributed by atoms with Crippen LogP contribution in [0.15, 0.2) is 29.0 Å². The van der Waals surface area contributed by atoms with Crippen molar-refractivity contribution < 1.29 is 5.11 Å². The monoisotopic (exact) mass is 303 g/mol. The maximum absolute atomic E-state index is 9.21. The summed E-state index contributed by atoms with van der Waals surface area (Å²) >= 11 is 1.62. The fraction of sp³-hybridized carbons (Fsp3) is 0.357. The van der Waals surface area contributed by atoms with Crippen LogP contribution in [-0.4, -0.2) is 37.6 Å². The third-order valence-electron chi connectivity index (χ3n) is 3.56. The fourth-order valence-corrected chi connectivity index (χ4v) is 2.61. The van der Waals surface area contributed by atoms with Gasteiger partial charge in [-0.25, -0.2) is 0 Å². The Morgan fingerprint density at radius 1 is 1.29 bits per heavy atom. The molecule has 2 N–H and O–H groups in total. The minimum atomic E-state index is 0.126. The molecule has 0 saturated heterocycles. The van der Waals surface area contributed by atoms with Crippen LogP contribution in [0.3, 0.4) is 0 Å². The van der Waals surface area contributed by atoms with Gasteiger partial charge in [0.15, 0.2) is 11.5 Å². The van der Waals surface area contributed by atoms with E-state index in [1.165, 1.54) is 0 Å². The van der Waals surface area contributed by atoms with Crippen LogP contribution in [0.5, 0.6) is 0 Å². The van der Waals surface area contributed by atoms with E-state index in [0.717, 1.165) is 17.2 Å². The van der Waals surface area contributed by atoms with Crippen LogP contribution in [0.25, 0.3) is 17.0 Å². The summed E-state index contributed by atoms with van der Waals surface area (Å²) in [5.41, 5.74) is 1.72. The van der Waals surface area contributed by atoms with Crippen LogP contribution in [0.2, 0.25) is 0 Å². The van der Waals surface area contributed by atoms with Gasteiger partial charge in [0.05, 0.1) is 0 Å². The number of rotatable bonds is 5. The Hall–Kier alpha value is -1.99. The number of anilines is 1. The van der Waals surface area contributed by atoms with E-state index in [1.807, 2.05) is 42.8 Å². The van der Waals surface area contributed by atoms with Gasteiger partial charge in [0.2, 0.25) is 0 Å². The number of aromatic nitrogens is 4. The highest BCUT2D eigenvalue weighted by Gasteiger charge is 2.14. The Balaban J connectivity index is 1.94. The molecule has 0 aliphatic rings. The zero-order valence-corrected chi connectivity index (χ0v) is 12.7. The first-order chi connectivity index (χ1) is 10.2. The molecule has 21 heavy (non-hydrogen) atoms. The van der Waals surface area contributed by atoms with E-state index in [1.54, 1.807) is 15.9 Å². The average Bonchev–Trinajstić information content (AvgIpc) is 3.14. The second-order valence-electron chi connectivity index (χ2n) is 5.12. The number of aliphatic hydroxyl groups excluding tert-OH is 1. The third-order valence-corrected chi connectivity index (χ3v) is 4.24. The summed E-state index contributed by atoms with van der Waals surface area (Å²) in [6, 6.07) is 5.89. The van der Waals surface area contributed by atoms with Gasteiger partial charge in [0, 0.05) is 23.6 Å². The van der Waals surface area contributed by atoms with Gasteiger partial charge in [0.25, 0.3) is 0 Å². The van der Waals surface area contributed by atoms with Gasteiger partial charge in [-0.1, -0.05) is 6.92 Å². The molecule has 0 aliphatic heterocycles. The van der Waals surface area contributed by atoms with E-state index in [0.29, 0.717) is 5.65 Å². The molecule has 2 unspecified atom stereocenters. The Labute approximate surface area is 126 Å². The summed E-state index contributed by atoms with van der Waals surface area (Å²) in [7, 11) is 0. The molecule has 0 fully saturated rings. The number of fused-ring (bicyclic) bond motifs is 1. The van der Waals surface area contributed by atoms with E-state index in [4.69, 9.17) is 0 Å². The van der Waals surface area contributed by atoms with E-state index >= 15 is 0 Å². The van der Waals surface area contributed by atoms with Crippen LogP contribution in [-0.2, 0) is 0 Å². The number of thiophene rings is 1. The van der Waals surface area contributed by atoms with Gasteiger partial charge in [-0.3, -0.25) is 0 Å². The predicted octanol–water partition coefficient (Wildman–Crippen LogP) is 2.28. The van der Waals surface area contributed by atoms with Crippen molar-refractivity contribution in [2.24, 2.45) is 5.92 Å². The highest BCUT2D eigenvalue weighted by Crippen LogP contribution is 2.21. The lowest BCUT2D eigenvalue weighted by atomic mass is 10.1. The molecule has 0 radical (unpaired) electrons. The number of aliphatic hydroxyl groups is 1. The lowest BCUT2D eigenvalue weighted by Gasteiger charge is -2.19. The first kappa shape index (κ1) is 14.0. The summed E-state index contributed by atoms with van der Waals surface area (Å²) in [5.74, 6) is 1.63. The highest BCUT2D eigenvalue weighted by molar-refractivity contribution is 7.08. The molecular formula is C14H17N5OS. The molecule has 0 bridgehead atoms. The van der Waals surface area contributed by atoms with Gasteiger partial charge in [0.1, 0.15) is 5.82 Å². The zero-order chi connectivity index (χ0) is 14.8. The summed E-state index contributed by atoms with van der Waals surface area (Å²) in [4.78, 5) is 0. The second-order valence-corrected chi connectivity index (χ2v) is 5.90. The maximum Gasteiger partial charge on any atom is 0.186 e. The molecule has 3 heterocycles. The summed E-state index contributed by atoms with van der Waals surface area (Å²) in [5, 5.41) is 29.4. The largest absolute Gasteiger partial charge is 0.396 e. The molecule has 0 aromatic carbocycles. The van der Waals surface area contributed by atoms with Crippen LogP contribution < -0.4 is 5.32 Å². The van der Waals surface area contributed by atoms with Crippen LogP contribution >= 0.6 is 11.3 Å². The molecule has 7 heteroatoms. The SMILES string of the molecule is CC(CO)C(C)Nc1ccc2nnc(-c3ccsc3)n2n1. The van der Waals surface area contributed by atoms with E-state index in [2.05, 4.69) is 20.6 Å². The molecule has 3 aromatic rings. The molecule has 0 amide bonds. The maximum atomic E-state index is 9.21. The first-order valence-corrected chi connectivity index (χ1v) is 7.75. The fourth-order valence-electron chi connectivity index (χ4n) is 1.97. The molecule has 3 rings (SSSR count). The number of nitrogens with zero attached hydrogens (tertiary/aromatic N) is 4. The smallest absolute Gasteiger partial charge is 0.186 e. The number of hydrogen-bond donors (Lipinski definition) is 2. The van der Waals surface area contributed by atoms with E-state index in [-0.39, 0.29) is 18.6 Å². The van der Waals surface area contributed by atoms with Crippen LogP contribution in [0, 0.1) is 5.92 Å². The van der Waals surface area contributed by atoms with Gasteiger partial charge in [-0.2, -0.15) is 15.9 Å². The standard InChI is InChI=1S/C14H17N5OS/c1-9(7-20)10(2)15-12-3-4-13-16-17-14(19(13)18-12)11-5-6-21-8-11/h3-6,8-10,20H,7H2,1-2H3,(H,15,18). The first-order valence-electron chi connectivity index (χ1n) is 6.81. The van der Waals surface area contributed by atoms with Crippen molar-refractivity contribution in [1.29, 1.82) is 0 Å². The molecule has 2 atom stereocenters. The molecule has 0 spiro atoms. The predicted molar refractivity (Wildman–Crippen MR) is 83.4 cm³/mol. The van der Waals surface area contributed by atoms with Gasteiger partial charge in [-0.05, 0) is 36.4 Å². The van der Waals surface area contributed by atoms with Gasteiger partial charge >= 0.3 is 0 Å². The van der Waals surface area contributed by atoms with E-state index in [9.17, 15) is 5.11 Å². The molecule has 0 saturated carbocycles. The Morgan fingerprint density at radius 2 is 2.14 bits per heavy atom. The third kappa shape index (κ3) is 2.74. The van der Waals surface area contributed by atoms with Crippen molar-refractivity contribution in [3.05, 3.63) is 29.0 Å². The number of nitrogens with one attached hydrogen (secondary N) is 1. The van der Waals surface area contributed by atoms with Crippen LogP contribution in [0.1, 0.15) is 13.8 Å². The average molecular weight is 303 g/mol. The minimum absolute atomic E-state index is 0.126. The summed E-state index contributed by atoms with van der Waals surface area (Å²) < 4.78 is 1.74. The zero-order valence-electron chi connectivity index (χ0n) is 11.9. The molecule has 3 aromatic heterocycles.